The van der Waals surface area contributed by atoms with Gasteiger partial charge in [0.2, 0.25) is 4.77 Å². The predicted molar refractivity (Wildman–Crippen MR) is 90.3 cm³/mol. The minimum Gasteiger partial charge on any atom is -0.399 e. The number of nitrogens with zero attached hydrogens (tertiary/aromatic N) is 2. The van der Waals surface area contributed by atoms with Crippen molar-refractivity contribution in [1.29, 1.82) is 0 Å². The molecule has 4 atom stereocenters. The molecule has 0 aliphatic carbocycles. The van der Waals surface area contributed by atoms with Gasteiger partial charge in [0.05, 0.1) is 6.61 Å². The van der Waals surface area contributed by atoms with Gasteiger partial charge in [-0.15, -0.1) is 0 Å². The number of nitrogens with two attached hydrogens (primary N) is 2. The van der Waals surface area contributed by atoms with E-state index in [9.17, 15) is 15.3 Å². The molecule has 2 unspecified atom stereocenters. The lowest BCUT2D eigenvalue weighted by atomic mass is 10.1. The molecule has 1 aliphatic heterocycles. The van der Waals surface area contributed by atoms with Crippen molar-refractivity contribution >= 4 is 23.7 Å². The molecule has 2 aromatic rings. The lowest BCUT2D eigenvalue weighted by Crippen LogP contribution is -2.33. The van der Waals surface area contributed by atoms with E-state index in [2.05, 4.69) is 4.98 Å². The third kappa shape index (κ3) is 2.87. The van der Waals surface area contributed by atoms with Gasteiger partial charge in [-0.05, 0) is 29.9 Å². The standard InChI is InChI=1S/C15H18N4O4S/c16-8-3-1-7(2-4-8)9-5-19(15(24)18-13(9)17)14-12(22)11(21)10(6-20)23-14/h1-5,10-12,14,20-22H,6,16H2,(H2,17,18,24)/t10-,11?,12?,14-/m1/s1. The zero-order valence-electron chi connectivity index (χ0n) is 12.6. The molecule has 1 saturated heterocycles. The molecule has 1 fully saturated rings. The van der Waals surface area contributed by atoms with Crippen LogP contribution in [0.4, 0.5) is 11.5 Å². The van der Waals surface area contributed by atoms with Gasteiger partial charge in [-0.3, -0.25) is 4.57 Å². The highest BCUT2D eigenvalue weighted by Crippen LogP contribution is 2.32. The highest BCUT2D eigenvalue weighted by Gasteiger charge is 2.43. The molecule has 128 valence electrons. The zero-order chi connectivity index (χ0) is 17.4. The Labute approximate surface area is 142 Å². The summed E-state index contributed by atoms with van der Waals surface area (Å²) in [6.45, 7) is -0.421. The second-order valence-corrected chi connectivity index (χ2v) is 5.95. The third-order valence-corrected chi connectivity index (χ3v) is 4.30. The predicted octanol–water partition coefficient (Wildman–Crippen LogP) is 0.0555. The molecular weight excluding hydrogens is 332 g/mol. The maximum absolute atomic E-state index is 10.2. The number of nitrogen functional groups attached to an aromatic ring is 2. The summed E-state index contributed by atoms with van der Waals surface area (Å²) in [4.78, 5) is 4.12. The average Bonchev–Trinajstić information content (AvgIpc) is 2.84. The number of hydrogen-bond acceptors (Lipinski definition) is 8. The van der Waals surface area contributed by atoms with Crippen molar-refractivity contribution in [3.8, 4) is 11.1 Å². The Morgan fingerprint density at radius 3 is 2.42 bits per heavy atom. The summed E-state index contributed by atoms with van der Waals surface area (Å²) in [7, 11) is 0. The minimum absolute atomic E-state index is 0.0986. The van der Waals surface area contributed by atoms with Crippen molar-refractivity contribution in [3.05, 3.63) is 35.2 Å². The SMILES string of the molecule is Nc1ccc(-c2cn([C@@H]3O[C@H](CO)C(O)C3O)c(=S)nc2N)cc1. The van der Waals surface area contributed by atoms with Crippen LogP contribution in [0.2, 0.25) is 0 Å². The molecule has 0 amide bonds. The minimum atomic E-state index is -1.25. The first-order valence-electron chi connectivity index (χ1n) is 7.29. The zero-order valence-corrected chi connectivity index (χ0v) is 13.4. The van der Waals surface area contributed by atoms with Gasteiger partial charge in [0.15, 0.2) is 6.23 Å². The highest BCUT2D eigenvalue weighted by atomic mass is 32.1. The molecule has 0 bridgehead atoms. The summed E-state index contributed by atoms with van der Waals surface area (Å²) in [5.41, 5.74) is 13.6. The molecule has 1 aromatic heterocycles. The van der Waals surface area contributed by atoms with Crippen molar-refractivity contribution in [3.63, 3.8) is 0 Å². The monoisotopic (exact) mass is 350 g/mol. The van der Waals surface area contributed by atoms with Gasteiger partial charge in [-0.25, -0.2) is 4.98 Å². The molecule has 7 N–H and O–H groups in total. The number of aromatic nitrogens is 2. The normalized spacial score (nSPS) is 26.6. The van der Waals surface area contributed by atoms with Gasteiger partial charge in [-0.2, -0.15) is 0 Å². The summed E-state index contributed by atoms with van der Waals surface area (Å²) in [6, 6.07) is 7.03. The average molecular weight is 350 g/mol. The van der Waals surface area contributed by atoms with Crippen LogP contribution in [0.1, 0.15) is 6.23 Å². The van der Waals surface area contributed by atoms with E-state index < -0.39 is 31.1 Å². The van der Waals surface area contributed by atoms with E-state index in [-0.39, 0.29) is 10.6 Å². The van der Waals surface area contributed by atoms with E-state index >= 15 is 0 Å². The van der Waals surface area contributed by atoms with Gasteiger partial charge >= 0.3 is 0 Å². The molecule has 1 aromatic carbocycles. The van der Waals surface area contributed by atoms with Crippen LogP contribution in [0, 0.1) is 4.77 Å². The molecule has 8 nitrogen and oxygen atoms in total. The van der Waals surface area contributed by atoms with Crippen molar-refractivity contribution in [2.24, 2.45) is 0 Å². The fraction of sp³-hybridized carbons (Fsp3) is 0.333. The fourth-order valence-corrected chi connectivity index (χ4v) is 2.91. The molecule has 0 radical (unpaired) electrons. The Balaban J connectivity index is 2.05. The lowest BCUT2D eigenvalue weighted by Gasteiger charge is -2.20. The van der Waals surface area contributed by atoms with Crippen LogP contribution in [0.15, 0.2) is 30.5 Å². The van der Waals surface area contributed by atoms with Gasteiger partial charge in [0, 0.05) is 17.4 Å². The van der Waals surface area contributed by atoms with Crippen LogP contribution in [-0.2, 0) is 4.74 Å². The van der Waals surface area contributed by atoms with Crippen LogP contribution in [0.3, 0.4) is 0 Å². The van der Waals surface area contributed by atoms with Crippen LogP contribution in [0.5, 0.6) is 0 Å². The Hall–Kier alpha value is -2.04. The Morgan fingerprint density at radius 1 is 1.17 bits per heavy atom. The van der Waals surface area contributed by atoms with E-state index in [1.807, 2.05) is 0 Å². The summed E-state index contributed by atoms with van der Waals surface area (Å²) in [5, 5.41) is 29.3. The second kappa shape index (κ2) is 6.46. The van der Waals surface area contributed by atoms with Crippen molar-refractivity contribution in [1.82, 2.24) is 9.55 Å². The molecule has 0 spiro atoms. The van der Waals surface area contributed by atoms with Gasteiger partial charge in [-0.1, -0.05) is 12.1 Å². The third-order valence-electron chi connectivity index (χ3n) is 3.99. The largest absolute Gasteiger partial charge is 0.399 e. The first-order chi connectivity index (χ1) is 11.4. The molecular formula is C15H18N4O4S. The van der Waals surface area contributed by atoms with E-state index in [0.717, 1.165) is 5.56 Å². The number of rotatable bonds is 3. The molecule has 2 heterocycles. The second-order valence-electron chi connectivity index (χ2n) is 5.58. The van der Waals surface area contributed by atoms with Crippen LogP contribution >= 0.6 is 12.2 Å². The van der Waals surface area contributed by atoms with Crippen LogP contribution < -0.4 is 11.5 Å². The summed E-state index contributed by atoms with van der Waals surface area (Å²) in [5.74, 6) is 0.229. The Kier molecular flexibility index (Phi) is 4.52. The number of anilines is 2. The number of aliphatic hydroxyl groups is 3. The lowest BCUT2D eigenvalue weighted by molar-refractivity contribution is -0.0540. The smallest absolute Gasteiger partial charge is 0.203 e. The molecule has 9 heteroatoms. The molecule has 0 saturated carbocycles. The summed E-state index contributed by atoms with van der Waals surface area (Å²) < 4.78 is 7.01. The Bertz CT molecular complexity index is 795. The number of aliphatic hydroxyl groups excluding tert-OH is 3. The number of hydrogen-bond donors (Lipinski definition) is 5. The summed E-state index contributed by atoms with van der Waals surface area (Å²) >= 11 is 5.19. The van der Waals surface area contributed by atoms with Gasteiger partial charge in [0.25, 0.3) is 0 Å². The van der Waals surface area contributed by atoms with Crippen molar-refractivity contribution < 1.29 is 20.1 Å². The first-order valence-corrected chi connectivity index (χ1v) is 7.70. The Morgan fingerprint density at radius 2 is 1.83 bits per heavy atom. The van der Waals surface area contributed by atoms with E-state index in [1.165, 1.54) is 4.57 Å². The molecule has 3 rings (SSSR count). The summed E-state index contributed by atoms with van der Waals surface area (Å²) in [6.07, 6.45) is -2.73. The number of ether oxygens (including phenoxy) is 1. The van der Waals surface area contributed by atoms with E-state index in [4.69, 9.17) is 28.4 Å². The molecule has 1 aliphatic rings. The first kappa shape index (κ1) is 16.8. The molecule has 24 heavy (non-hydrogen) atoms. The van der Waals surface area contributed by atoms with Crippen LogP contribution in [0.25, 0.3) is 11.1 Å². The maximum atomic E-state index is 10.2. The van der Waals surface area contributed by atoms with Crippen molar-refractivity contribution in [2.45, 2.75) is 24.5 Å². The van der Waals surface area contributed by atoms with E-state index in [1.54, 1.807) is 30.5 Å². The van der Waals surface area contributed by atoms with Gasteiger partial charge in [0.1, 0.15) is 24.1 Å². The topological polar surface area (TPSA) is 140 Å². The van der Waals surface area contributed by atoms with Crippen LogP contribution in [-0.4, -0.2) is 49.8 Å². The van der Waals surface area contributed by atoms with Crippen molar-refractivity contribution in [2.75, 3.05) is 18.1 Å². The maximum Gasteiger partial charge on any atom is 0.203 e. The van der Waals surface area contributed by atoms with Gasteiger partial charge < -0.3 is 31.5 Å². The van der Waals surface area contributed by atoms with E-state index in [0.29, 0.717) is 11.3 Å². The fourth-order valence-electron chi connectivity index (χ4n) is 2.66. The number of benzene rings is 1. The highest BCUT2D eigenvalue weighted by molar-refractivity contribution is 7.71. The quantitative estimate of drug-likeness (QED) is 0.387.